The van der Waals surface area contributed by atoms with E-state index in [0.717, 1.165) is 11.1 Å². The van der Waals surface area contributed by atoms with Crippen molar-refractivity contribution in [1.82, 2.24) is 0 Å². The van der Waals surface area contributed by atoms with Crippen molar-refractivity contribution in [3.63, 3.8) is 0 Å². The van der Waals surface area contributed by atoms with Gasteiger partial charge in [-0.1, -0.05) is 72.8 Å². The van der Waals surface area contributed by atoms with Gasteiger partial charge in [-0.15, -0.1) is 0 Å². The molecule has 0 aromatic heterocycles. The molecular formula is C21H16O2. The highest BCUT2D eigenvalue weighted by molar-refractivity contribution is 5.88. The number of para-hydroxylation sites is 1. The average molecular weight is 300 g/mol. The van der Waals surface area contributed by atoms with Gasteiger partial charge in [0.25, 0.3) is 0 Å². The van der Waals surface area contributed by atoms with Crippen LogP contribution >= 0.6 is 0 Å². The maximum atomic E-state index is 11.8. The molecule has 2 nitrogen and oxygen atoms in total. The average Bonchev–Trinajstić information content (AvgIpc) is 2.62. The summed E-state index contributed by atoms with van der Waals surface area (Å²) in [6.07, 6.45) is 3.19. The topological polar surface area (TPSA) is 26.3 Å². The Bertz CT molecular complexity index is 788. The van der Waals surface area contributed by atoms with Crippen LogP contribution in [0.5, 0.6) is 5.75 Å². The number of carbonyl (C=O) groups excluding carboxylic acids is 1. The lowest BCUT2D eigenvalue weighted by molar-refractivity contribution is -0.128. The molecule has 0 unspecified atom stereocenters. The van der Waals surface area contributed by atoms with Crippen molar-refractivity contribution in [2.24, 2.45) is 0 Å². The van der Waals surface area contributed by atoms with E-state index in [1.54, 1.807) is 18.2 Å². The summed E-state index contributed by atoms with van der Waals surface area (Å²) in [6, 6.07) is 27.2. The van der Waals surface area contributed by atoms with E-state index < -0.39 is 0 Å². The fourth-order valence-corrected chi connectivity index (χ4v) is 2.22. The Hall–Kier alpha value is -3.13. The summed E-state index contributed by atoms with van der Waals surface area (Å²) < 4.78 is 5.20. The first-order chi connectivity index (χ1) is 11.3. The van der Waals surface area contributed by atoms with Gasteiger partial charge in [-0.3, -0.25) is 0 Å². The highest BCUT2D eigenvalue weighted by atomic mass is 16.5. The second kappa shape index (κ2) is 7.23. The molecular weight excluding hydrogens is 284 g/mol. The van der Waals surface area contributed by atoms with Gasteiger partial charge in [0.05, 0.1) is 0 Å². The van der Waals surface area contributed by atoms with Crippen molar-refractivity contribution >= 4 is 12.0 Å². The molecule has 0 aliphatic rings. The quantitative estimate of drug-likeness (QED) is 0.386. The van der Waals surface area contributed by atoms with Crippen LogP contribution < -0.4 is 4.74 Å². The Morgan fingerprint density at radius 1 is 0.696 bits per heavy atom. The fourth-order valence-electron chi connectivity index (χ4n) is 2.22. The first-order valence-corrected chi connectivity index (χ1v) is 7.42. The summed E-state index contributed by atoms with van der Waals surface area (Å²) in [5.74, 6) is 0.157. The van der Waals surface area contributed by atoms with Gasteiger partial charge < -0.3 is 4.74 Å². The summed E-state index contributed by atoms with van der Waals surface area (Å²) in [5.41, 5.74) is 3.27. The molecule has 0 aliphatic carbocycles. The first-order valence-electron chi connectivity index (χ1n) is 7.42. The maximum absolute atomic E-state index is 11.8. The molecule has 0 N–H and O–H groups in total. The minimum absolute atomic E-state index is 0.386. The second-order valence-electron chi connectivity index (χ2n) is 5.06. The predicted molar refractivity (Wildman–Crippen MR) is 93.0 cm³/mol. The third-order valence-electron chi connectivity index (χ3n) is 3.39. The summed E-state index contributed by atoms with van der Waals surface area (Å²) in [5, 5.41) is 0. The smallest absolute Gasteiger partial charge is 0.336 e. The molecule has 3 aromatic rings. The van der Waals surface area contributed by atoms with Crippen LogP contribution in [0.3, 0.4) is 0 Å². The van der Waals surface area contributed by atoms with Gasteiger partial charge in [-0.25, -0.2) is 4.79 Å². The second-order valence-corrected chi connectivity index (χ2v) is 5.06. The van der Waals surface area contributed by atoms with Gasteiger partial charge in [0.15, 0.2) is 0 Å². The molecule has 0 fully saturated rings. The van der Waals surface area contributed by atoms with Crippen LogP contribution in [-0.4, -0.2) is 5.97 Å². The van der Waals surface area contributed by atoms with Crippen LogP contribution in [0.4, 0.5) is 0 Å². The summed E-state index contributed by atoms with van der Waals surface area (Å²) in [6.45, 7) is 0. The van der Waals surface area contributed by atoms with Crippen molar-refractivity contribution in [2.45, 2.75) is 0 Å². The SMILES string of the molecule is O=C(/C=C\c1ccc(-c2ccccc2)cc1)Oc1ccccc1. The molecule has 0 saturated carbocycles. The molecule has 0 heterocycles. The van der Waals surface area contributed by atoms with Crippen molar-refractivity contribution < 1.29 is 9.53 Å². The minimum atomic E-state index is -0.386. The van der Waals surface area contributed by atoms with Crippen molar-refractivity contribution in [2.75, 3.05) is 0 Å². The van der Waals surface area contributed by atoms with Crippen LogP contribution in [0.15, 0.2) is 91.0 Å². The van der Waals surface area contributed by atoms with E-state index in [9.17, 15) is 4.79 Å². The Morgan fingerprint density at radius 3 is 1.91 bits per heavy atom. The molecule has 0 amide bonds. The number of ether oxygens (including phenoxy) is 1. The van der Waals surface area contributed by atoms with Crippen LogP contribution in [0.1, 0.15) is 5.56 Å². The van der Waals surface area contributed by atoms with Gasteiger partial charge in [-0.2, -0.15) is 0 Å². The minimum Gasteiger partial charge on any atom is -0.423 e. The van der Waals surface area contributed by atoms with Crippen LogP contribution in [0.25, 0.3) is 17.2 Å². The normalized spacial score (nSPS) is 10.6. The third kappa shape index (κ3) is 4.17. The largest absolute Gasteiger partial charge is 0.423 e. The van der Waals surface area contributed by atoms with Crippen LogP contribution in [0.2, 0.25) is 0 Å². The number of rotatable bonds is 4. The van der Waals surface area contributed by atoms with Gasteiger partial charge in [-0.05, 0) is 34.9 Å². The highest BCUT2D eigenvalue weighted by Gasteiger charge is 2.00. The Balaban J connectivity index is 1.65. The standard InChI is InChI=1S/C21H16O2/c22-21(23-20-9-5-2-6-10-20)16-13-17-11-14-19(15-12-17)18-7-3-1-4-8-18/h1-16H/b16-13-. The predicted octanol–water partition coefficient (Wildman–Crippen LogP) is 4.97. The molecule has 0 spiro atoms. The number of hydrogen-bond donors (Lipinski definition) is 0. The zero-order valence-electron chi connectivity index (χ0n) is 12.6. The van der Waals surface area contributed by atoms with E-state index in [1.807, 2.05) is 60.7 Å². The van der Waals surface area contributed by atoms with Gasteiger partial charge in [0.1, 0.15) is 5.75 Å². The van der Waals surface area contributed by atoms with Crippen LogP contribution in [-0.2, 0) is 4.79 Å². The molecule has 0 aliphatic heterocycles. The zero-order valence-corrected chi connectivity index (χ0v) is 12.6. The van der Waals surface area contributed by atoms with E-state index in [-0.39, 0.29) is 5.97 Å². The maximum Gasteiger partial charge on any atom is 0.336 e. The third-order valence-corrected chi connectivity index (χ3v) is 3.39. The lowest BCUT2D eigenvalue weighted by Crippen LogP contribution is -2.03. The molecule has 3 aromatic carbocycles. The zero-order chi connectivity index (χ0) is 15.9. The number of esters is 1. The van der Waals surface area contributed by atoms with Gasteiger partial charge in [0, 0.05) is 6.08 Å². The molecule has 23 heavy (non-hydrogen) atoms. The van der Waals surface area contributed by atoms with Gasteiger partial charge in [0.2, 0.25) is 0 Å². The lowest BCUT2D eigenvalue weighted by atomic mass is 10.0. The Morgan fingerprint density at radius 2 is 1.26 bits per heavy atom. The van der Waals surface area contributed by atoms with Crippen LogP contribution in [0, 0.1) is 0 Å². The summed E-state index contributed by atoms with van der Waals surface area (Å²) in [4.78, 5) is 11.8. The van der Waals surface area contributed by atoms with E-state index in [2.05, 4.69) is 12.1 Å². The van der Waals surface area contributed by atoms with Crippen molar-refractivity contribution in [3.05, 3.63) is 96.6 Å². The molecule has 0 bridgehead atoms. The lowest BCUT2D eigenvalue weighted by Gasteiger charge is -2.02. The van der Waals surface area contributed by atoms with Gasteiger partial charge >= 0.3 is 5.97 Å². The molecule has 2 heteroatoms. The first kappa shape index (κ1) is 14.8. The fraction of sp³-hybridized carbons (Fsp3) is 0. The van der Waals surface area contributed by atoms with E-state index in [0.29, 0.717) is 5.75 Å². The number of carbonyl (C=O) groups is 1. The van der Waals surface area contributed by atoms with E-state index >= 15 is 0 Å². The molecule has 3 rings (SSSR count). The summed E-state index contributed by atoms with van der Waals surface area (Å²) in [7, 11) is 0. The molecule has 0 atom stereocenters. The molecule has 112 valence electrons. The van der Waals surface area contributed by atoms with E-state index in [1.165, 1.54) is 11.6 Å². The van der Waals surface area contributed by atoms with Crippen molar-refractivity contribution in [1.29, 1.82) is 0 Å². The highest BCUT2D eigenvalue weighted by Crippen LogP contribution is 2.19. The molecule has 0 radical (unpaired) electrons. The number of hydrogen-bond acceptors (Lipinski definition) is 2. The number of benzene rings is 3. The van der Waals surface area contributed by atoms with E-state index in [4.69, 9.17) is 4.74 Å². The van der Waals surface area contributed by atoms with Crippen molar-refractivity contribution in [3.8, 4) is 16.9 Å². The Labute approximate surface area is 135 Å². The summed E-state index contributed by atoms with van der Waals surface area (Å²) >= 11 is 0. The monoisotopic (exact) mass is 300 g/mol. The molecule has 0 saturated heterocycles. The Kier molecular flexibility index (Phi) is 4.65.